The molecule has 8 nitrogen and oxygen atoms in total. The van der Waals surface area contributed by atoms with Crippen molar-refractivity contribution in [2.24, 2.45) is 0 Å². The molecule has 0 saturated heterocycles. The van der Waals surface area contributed by atoms with Gasteiger partial charge in [-0.3, -0.25) is 9.52 Å². The van der Waals surface area contributed by atoms with Gasteiger partial charge in [0.15, 0.2) is 0 Å². The number of nitrogens with zero attached hydrogens (tertiary/aromatic N) is 2. The minimum Gasteiger partial charge on any atom is -0.486 e. The number of nitrogens with one attached hydrogen (secondary N) is 2. The second-order valence-electron chi connectivity index (χ2n) is 7.42. The number of hydrogen-bond acceptors (Lipinski definition) is 7. The molecule has 4 rings (SSSR count). The topological polar surface area (TPSA) is 110 Å². The third-order valence-corrected chi connectivity index (χ3v) is 7.26. The minimum atomic E-state index is -3.79. The summed E-state index contributed by atoms with van der Waals surface area (Å²) in [6, 6.07) is 18.5. The largest absolute Gasteiger partial charge is 0.486 e. The maximum atomic E-state index is 12.8. The van der Waals surface area contributed by atoms with Gasteiger partial charge in [-0.15, -0.1) is 11.3 Å². The third kappa shape index (κ3) is 5.77. The Morgan fingerprint density at radius 3 is 2.41 bits per heavy atom. The van der Waals surface area contributed by atoms with E-state index in [4.69, 9.17) is 4.74 Å². The second kappa shape index (κ2) is 10.0. The van der Waals surface area contributed by atoms with E-state index in [-0.39, 0.29) is 23.2 Å². The Labute approximate surface area is 201 Å². The monoisotopic (exact) mass is 494 g/mol. The first kappa shape index (κ1) is 23.4. The molecule has 0 saturated carbocycles. The quantitative estimate of drug-likeness (QED) is 0.365. The van der Waals surface area contributed by atoms with Crippen molar-refractivity contribution in [3.63, 3.8) is 0 Å². The van der Waals surface area contributed by atoms with Crippen LogP contribution in [0.25, 0.3) is 0 Å². The number of ether oxygens (including phenoxy) is 1. The van der Waals surface area contributed by atoms with Crippen LogP contribution in [0.15, 0.2) is 77.8 Å². The van der Waals surface area contributed by atoms with Gasteiger partial charge in [0.2, 0.25) is 0 Å². The van der Waals surface area contributed by atoms with E-state index in [1.54, 1.807) is 25.1 Å². The maximum Gasteiger partial charge on any atom is 0.267 e. The summed E-state index contributed by atoms with van der Waals surface area (Å²) in [5.41, 5.74) is 2.21. The number of hydrogen-bond donors (Lipinski definition) is 2. The number of anilines is 2. The number of carbonyl (C=O) groups is 1. The molecule has 2 aromatic heterocycles. The Balaban J connectivity index is 1.39. The van der Waals surface area contributed by atoms with Crippen molar-refractivity contribution in [1.29, 1.82) is 0 Å². The van der Waals surface area contributed by atoms with E-state index in [0.29, 0.717) is 21.3 Å². The van der Waals surface area contributed by atoms with Crippen LogP contribution < -0.4 is 14.8 Å². The van der Waals surface area contributed by atoms with Crippen molar-refractivity contribution in [1.82, 2.24) is 9.97 Å². The summed E-state index contributed by atoms with van der Waals surface area (Å²) in [7, 11) is -3.79. The van der Waals surface area contributed by atoms with Crippen molar-refractivity contribution in [3.05, 3.63) is 94.1 Å². The molecule has 0 unspecified atom stereocenters. The summed E-state index contributed by atoms with van der Waals surface area (Å²) in [5.74, 6) is 0.638. The standard InChI is InChI=1S/C24H22N4O4S2/c1-16-6-10-19(11-7-16)32-15-22-26-17(2)23(33-22)24(29)27-18-8-12-20(13-9-18)34(30,31)28-21-5-3-4-14-25-21/h3-14H,15H2,1-2H3,(H,25,28)(H,27,29). The van der Waals surface area contributed by atoms with Gasteiger partial charge < -0.3 is 10.1 Å². The Kier molecular flexibility index (Phi) is 6.90. The highest BCUT2D eigenvalue weighted by Gasteiger charge is 2.18. The van der Waals surface area contributed by atoms with Crippen LogP contribution in [0.2, 0.25) is 0 Å². The van der Waals surface area contributed by atoms with Gasteiger partial charge in [-0.1, -0.05) is 23.8 Å². The minimum absolute atomic E-state index is 0.0562. The van der Waals surface area contributed by atoms with Crippen molar-refractivity contribution in [2.45, 2.75) is 25.3 Å². The zero-order chi connectivity index (χ0) is 24.1. The summed E-state index contributed by atoms with van der Waals surface area (Å²) in [6.07, 6.45) is 1.50. The number of pyridine rings is 1. The molecule has 1 amide bonds. The average molecular weight is 495 g/mol. The van der Waals surface area contributed by atoms with E-state index in [1.807, 2.05) is 31.2 Å². The van der Waals surface area contributed by atoms with Gasteiger partial charge in [0.05, 0.1) is 10.6 Å². The predicted octanol–water partition coefficient (Wildman–Crippen LogP) is 4.79. The lowest BCUT2D eigenvalue weighted by Crippen LogP contribution is -2.14. The number of benzene rings is 2. The fourth-order valence-corrected chi connectivity index (χ4v) is 4.91. The van der Waals surface area contributed by atoms with Crippen LogP contribution in [0, 0.1) is 13.8 Å². The lowest BCUT2D eigenvalue weighted by atomic mass is 10.2. The number of carbonyl (C=O) groups excluding carboxylic acids is 1. The van der Waals surface area contributed by atoms with Gasteiger partial charge in [0.25, 0.3) is 15.9 Å². The molecule has 0 fully saturated rings. The van der Waals surface area contributed by atoms with Gasteiger partial charge >= 0.3 is 0 Å². The molecule has 0 aliphatic heterocycles. The maximum absolute atomic E-state index is 12.8. The van der Waals surface area contributed by atoms with Gasteiger partial charge in [0.1, 0.15) is 28.1 Å². The molecule has 10 heteroatoms. The lowest BCUT2D eigenvalue weighted by molar-refractivity contribution is 0.103. The summed E-state index contributed by atoms with van der Waals surface area (Å²) < 4.78 is 33.2. The second-order valence-corrected chi connectivity index (χ2v) is 10.2. The highest BCUT2D eigenvalue weighted by Crippen LogP contribution is 2.23. The number of aromatic nitrogens is 2. The van der Waals surface area contributed by atoms with E-state index in [0.717, 1.165) is 11.3 Å². The normalized spacial score (nSPS) is 11.1. The van der Waals surface area contributed by atoms with Crippen LogP contribution in [-0.2, 0) is 16.6 Å². The molecule has 0 spiro atoms. The van der Waals surface area contributed by atoms with Gasteiger partial charge in [0, 0.05) is 11.9 Å². The van der Waals surface area contributed by atoms with Crippen molar-refractivity contribution in [3.8, 4) is 5.75 Å². The number of thiazole rings is 1. The van der Waals surface area contributed by atoms with E-state index in [1.165, 1.54) is 41.8 Å². The van der Waals surface area contributed by atoms with Gasteiger partial charge in [-0.2, -0.15) is 0 Å². The van der Waals surface area contributed by atoms with Crippen LogP contribution in [-0.4, -0.2) is 24.3 Å². The molecular weight excluding hydrogens is 472 g/mol. The number of sulfonamides is 1. The molecule has 2 N–H and O–H groups in total. The van der Waals surface area contributed by atoms with E-state index in [9.17, 15) is 13.2 Å². The zero-order valence-electron chi connectivity index (χ0n) is 18.5. The molecule has 0 aliphatic rings. The highest BCUT2D eigenvalue weighted by atomic mass is 32.2. The summed E-state index contributed by atoms with van der Waals surface area (Å²) in [6.45, 7) is 4.03. The van der Waals surface area contributed by atoms with Crippen LogP contribution in [0.1, 0.15) is 25.9 Å². The van der Waals surface area contributed by atoms with Crippen molar-refractivity contribution >= 4 is 38.8 Å². The number of aryl methyl sites for hydroxylation is 2. The first-order valence-corrected chi connectivity index (χ1v) is 12.6. The average Bonchev–Trinajstić information content (AvgIpc) is 3.20. The fraction of sp³-hybridized carbons (Fsp3) is 0.125. The molecule has 0 radical (unpaired) electrons. The molecule has 174 valence electrons. The molecule has 34 heavy (non-hydrogen) atoms. The zero-order valence-corrected chi connectivity index (χ0v) is 20.1. The number of rotatable bonds is 8. The Hall–Kier alpha value is -3.76. The lowest BCUT2D eigenvalue weighted by Gasteiger charge is -2.08. The SMILES string of the molecule is Cc1ccc(OCc2nc(C)c(C(=O)Nc3ccc(S(=O)(=O)Nc4ccccn4)cc3)s2)cc1. The number of amides is 1. The molecular formula is C24H22N4O4S2. The first-order valence-electron chi connectivity index (χ1n) is 10.3. The van der Waals surface area contributed by atoms with Crippen LogP contribution in [0.5, 0.6) is 5.75 Å². The summed E-state index contributed by atoms with van der Waals surface area (Å²) in [4.78, 5) is 21.7. The van der Waals surface area contributed by atoms with Crippen LogP contribution in [0.4, 0.5) is 11.5 Å². The Morgan fingerprint density at radius 2 is 1.74 bits per heavy atom. The molecule has 2 heterocycles. The molecule has 0 atom stereocenters. The summed E-state index contributed by atoms with van der Waals surface area (Å²) in [5, 5.41) is 3.47. The molecule has 0 aliphatic carbocycles. The molecule has 4 aromatic rings. The first-order chi connectivity index (χ1) is 16.3. The Morgan fingerprint density at radius 1 is 1.00 bits per heavy atom. The predicted molar refractivity (Wildman–Crippen MR) is 132 cm³/mol. The highest BCUT2D eigenvalue weighted by molar-refractivity contribution is 7.92. The third-order valence-electron chi connectivity index (χ3n) is 4.76. The van der Waals surface area contributed by atoms with E-state index >= 15 is 0 Å². The summed E-state index contributed by atoms with van der Waals surface area (Å²) >= 11 is 1.26. The molecule has 2 aromatic carbocycles. The van der Waals surface area contributed by atoms with Gasteiger partial charge in [-0.25, -0.2) is 18.4 Å². The fourth-order valence-electron chi connectivity index (χ4n) is 3.03. The van der Waals surface area contributed by atoms with Crippen LogP contribution >= 0.6 is 11.3 Å². The van der Waals surface area contributed by atoms with Crippen LogP contribution in [0.3, 0.4) is 0 Å². The van der Waals surface area contributed by atoms with Crippen molar-refractivity contribution < 1.29 is 17.9 Å². The smallest absolute Gasteiger partial charge is 0.267 e. The van der Waals surface area contributed by atoms with E-state index < -0.39 is 10.0 Å². The Bertz CT molecular complexity index is 1390. The van der Waals surface area contributed by atoms with Crippen molar-refractivity contribution in [2.75, 3.05) is 10.0 Å². The van der Waals surface area contributed by atoms with Gasteiger partial charge in [-0.05, 0) is 62.4 Å². The molecule has 0 bridgehead atoms. The van der Waals surface area contributed by atoms with E-state index in [2.05, 4.69) is 20.0 Å².